The summed E-state index contributed by atoms with van der Waals surface area (Å²) in [5, 5.41) is 8.54. The second-order valence-electron chi connectivity index (χ2n) is 4.07. The number of allylic oxidation sites excluding steroid dienone is 2. The molecule has 0 aliphatic heterocycles. The molecule has 2 unspecified atom stereocenters. The minimum absolute atomic E-state index is 0.0328. The number of rotatable bonds is 8. The van der Waals surface area contributed by atoms with Gasteiger partial charge in [0, 0.05) is 12.8 Å². The monoisotopic (exact) mass is 306 g/mol. The molecular weight excluding hydrogens is 292 g/mol. The molecule has 20 heavy (non-hydrogen) atoms. The molecule has 0 aliphatic carbocycles. The van der Waals surface area contributed by atoms with E-state index >= 15 is 0 Å². The van der Waals surface area contributed by atoms with Gasteiger partial charge >= 0.3 is 11.9 Å². The number of carboxylic acid groups (broad SMARTS) is 1. The fourth-order valence-electron chi connectivity index (χ4n) is 1.19. The van der Waals surface area contributed by atoms with Gasteiger partial charge in [0.25, 0.3) is 0 Å². The topological polar surface area (TPSA) is 150 Å². The van der Waals surface area contributed by atoms with E-state index in [0.29, 0.717) is 0 Å². The van der Waals surface area contributed by atoms with Gasteiger partial charge in [-0.1, -0.05) is 0 Å². The Morgan fingerprint density at radius 3 is 2.20 bits per heavy atom. The van der Waals surface area contributed by atoms with Crippen LogP contribution in [-0.4, -0.2) is 40.7 Å². The van der Waals surface area contributed by atoms with Gasteiger partial charge in [-0.15, -0.1) is 0 Å². The Kier molecular flexibility index (Phi) is 7.67. The van der Waals surface area contributed by atoms with E-state index in [2.05, 4.69) is 4.29 Å². The molecule has 0 radical (unpaired) electrons. The number of carbonyl (C=O) groups is 4. The molecule has 0 aromatic heterocycles. The third kappa shape index (κ3) is 6.41. The largest absolute Gasteiger partial charge is 0.480 e. The number of nitrogens with two attached hydrogens (primary N) is 2. The number of aliphatic carboxylic acids is 1. The molecule has 0 saturated heterocycles. The van der Waals surface area contributed by atoms with Gasteiger partial charge < -0.3 is 20.9 Å². The van der Waals surface area contributed by atoms with E-state index in [0.717, 1.165) is 6.08 Å². The summed E-state index contributed by atoms with van der Waals surface area (Å²) in [6.45, 7) is 1.34. The van der Waals surface area contributed by atoms with Crippen LogP contribution in [0.1, 0.15) is 19.8 Å². The molecule has 9 heteroatoms. The zero-order valence-corrected chi connectivity index (χ0v) is 11.4. The maximum Gasteiger partial charge on any atom is 0.341 e. The molecule has 2 atom stereocenters. The van der Waals surface area contributed by atoms with Gasteiger partial charge in [-0.05, 0) is 18.6 Å². The average Bonchev–Trinajstić information content (AvgIpc) is 2.36. The highest BCUT2D eigenvalue weighted by atomic mass is 35.5. The maximum atomic E-state index is 11.6. The van der Waals surface area contributed by atoms with Crippen LogP contribution in [0, 0.1) is 0 Å². The number of Topliss-reactive ketones (excluding diaryl/α,β-unsaturated/α-hetero) is 1. The zero-order chi connectivity index (χ0) is 15.9. The van der Waals surface area contributed by atoms with E-state index < -0.39 is 42.0 Å². The molecular formula is C11H15ClN2O6. The molecule has 0 aliphatic rings. The Balaban J connectivity index is 4.57. The summed E-state index contributed by atoms with van der Waals surface area (Å²) in [5.41, 5.74) is 10.5. The molecule has 0 rings (SSSR count). The molecule has 0 aromatic rings. The van der Waals surface area contributed by atoms with Crippen molar-refractivity contribution >= 4 is 35.4 Å². The lowest BCUT2D eigenvalue weighted by Crippen LogP contribution is -2.33. The van der Waals surface area contributed by atoms with Crippen molar-refractivity contribution in [3.05, 3.63) is 11.6 Å². The van der Waals surface area contributed by atoms with E-state index in [4.69, 9.17) is 28.4 Å². The van der Waals surface area contributed by atoms with Gasteiger partial charge in [0.05, 0.1) is 0 Å². The van der Waals surface area contributed by atoms with E-state index in [-0.39, 0.29) is 12.0 Å². The standard InChI is InChI=1S/C11H15ClN2O6/c1-5(2-6(15)3-7(13)10(17)18)9(16)4-8(14)11(19)20-12/h2,7-8H,3-4,13-14H2,1H3,(H,17,18)/b5-2-. The predicted molar refractivity (Wildman–Crippen MR) is 68.5 cm³/mol. The van der Waals surface area contributed by atoms with Crippen molar-refractivity contribution in [2.75, 3.05) is 0 Å². The first-order valence-electron chi connectivity index (χ1n) is 5.49. The molecule has 0 heterocycles. The molecule has 5 N–H and O–H groups in total. The molecule has 0 spiro atoms. The van der Waals surface area contributed by atoms with E-state index in [9.17, 15) is 19.2 Å². The Hall–Kier alpha value is -1.77. The van der Waals surface area contributed by atoms with Gasteiger partial charge in [-0.25, -0.2) is 4.79 Å². The van der Waals surface area contributed by atoms with E-state index in [1.54, 1.807) is 0 Å². The number of ketones is 2. The number of hydrogen-bond donors (Lipinski definition) is 3. The lowest BCUT2D eigenvalue weighted by molar-refractivity contribution is -0.140. The van der Waals surface area contributed by atoms with Crippen molar-refractivity contribution in [2.45, 2.75) is 31.8 Å². The Morgan fingerprint density at radius 2 is 1.75 bits per heavy atom. The lowest BCUT2D eigenvalue weighted by atomic mass is 10.0. The van der Waals surface area contributed by atoms with Crippen molar-refractivity contribution in [3.8, 4) is 0 Å². The van der Waals surface area contributed by atoms with Crippen LogP contribution in [0.25, 0.3) is 0 Å². The van der Waals surface area contributed by atoms with Crippen molar-refractivity contribution in [3.63, 3.8) is 0 Å². The van der Waals surface area contributed by atoms with Crippen molar-refractivity contribution < 1.29 is 28.6 Å². The highest BCUT2D eigenvalue weighted by Gasteiger charge is 2.21. The molecule has 0 amide bonds. The quantitative estimate of drug-likeness (QED) is 0.497. The van der Waals surface area contributed by atoms with Gasteiger partial charge in [0.2, 0.25) is 0 Å². The van der Waals surface area contributed by atoms with Crippen LogP contribution in [0.5, 0.6) is 0 Å². The van der Waals surface area contributed by atoms with Crippen molar-refractivity contribution in [1.29, 1.82) is 0 Å². The smallest absolute Gasteiger partial charge is 0.341 e. The van der Waals surface area contributed by atoms with Gasteiger partial charge in [0.1, 0.15) is 23.9 Å². The summed E-state index contributed by atoms with van der Waals surface area (Å²) in [4.78, 5) is 44.4. The van der Waals surface area contributed by atoms with E-state index in [1.807, 2.05) is 0 Å². The van der Waals surface area contributed by atoms with Crippen molar-refractivity contribution in [1.82, 2.24) is 0 Å². The van der Waals surface area contributed by atoms with Gasteiger partial charge in [-0.2, -0.15) is 0 Å². The normalized spacial score (nSPS) is 14.3. The minimum atomic E-state index is -1.34. The molecule has 0 bridgehead atoms. The van der Waals surface area contributed by atoms with Crippen LogP contribution >= 0.6 is 11.9 Å². The Labute approximate surface area is 119 Å². The molecule has 0 aromatic carbocycles. The second kappa shape index (κ2) is 8.41. The fourth-order valence-corrected chi connectivity index (χ4v) is 1.30. The molecule has 0 fully saturated rings. The Bertz CT molecular complexity index is 448. The van der Waals surface area contributed by atoms with Crippen LogP contribution in [0.15, 0.2) is 11.6 Å². The first kappa shape index (κ1) is 18.2. The van der Waals surface area contributed by atoms with Crippen LogP contribution in [0.4, 0.5) is 0 Å². The third-order valence-electron chi connectivity index (χ3n) is 2.34. The molecule has 0 saturated carbocycles. The van der Waals surface area contributed by atoms with Crippen LogP contribution in [-0.2, 0) is 23.5 Å². The first-order valence-corrected chi connectivity index (χ1v) is 5.80. The number of carbonyl (C=O) groups excluding carboxylic acids is 3. The van der Waals surface area contributed by atoms with Crippen LogP contribution < -0.4 is 11.5 Å². The van der Waals surface area contributed by atoms with Crippen LogP contribution in [0.3, 0.4) is 0 Å². The predicted octanol–water partition coefficient (Wildman–Crippen LogP) is -0.713. The summed E-state index contributed by atoms with van der Waals surface area (Å²) in [6, 6.07) is -2.57. The van der Waals surface area contributed by atoms with Crippen LogP contribution in [0.2, 0.25) is 0 Å². The number of halogens is 1. The van der Waals surface area contributed by atoms with Gasteiger partial charge in [0.15, 0.2) is 11.6 Å². The highest BCUT2D eigenvalue weighted by molar-refractivity contribution is 6.14. The zero-order valence-electron chi connectivity index (χ0n) is 10.7. The second-order valence-corrected chi connectivity index (χ2v) is 4.23. The Morgan fingerprint density at radius 1 is 1.20 bits per heavy atom. The highest BCUT2D eigenvalue weighted by Crippen LogP contribution is 2.05. The lowest BCUT2D eigenvalue weighted by Gasteiger charge is -2.07. The minimum Gasteiger partial charge on any atom is -0.480 e. The average molecular weight is 307 g/mol. The number of carboxylic acids is 1. The SMILES string of the molecule is C/C(=C/C(=O)CC(N)C(=O)O)C(=O)CC(N)C(=O)OCl. The molecule has 8 nitrogen and oxygen atoms in total. The van der Waals surface area contributed by atoms with Crippen molar-refractivity contribution in [2.24, 2.45) is 11.5 Å². The summed E-state index contributed by atoms with van der Waals surface area (Å²) in [7, 11) is 0. The van der Waals surface area contributed by atoms with Gasteiger partial charge in [-0.3, -0.25) is 14.4 Å². The summed E-state index contributed by atoms with van der Waals surface area (Å²) in [5.74, 6) is -3.45. The fraction of sp³-hybridized carbons (Fsp3) is 0.455. The third-order valence-corrected chi connectivity index (χ3v) is 2.49. The summed E-state index contributed by atoms with van der Waals surface area (Å²) >= 11 is 4.80. The summed E-state index contributed by atoms with van der Waals surface area (Å²) in [6.07, 6.45) is 0.145. The first-order chi connectivity index (χ1) is 9.18. The van der Waals surface area contributed by atoms with E-state index in [1.165, 1.54) is 6.92 Å². The summed E-state index contributed by atoms with van der Waals surface area (Å²) < 4.78 is 3.84. The molecule has 112 valence electrons. The maximum absolute atomic E-state index is 11.6. The number of hydrogen-bond acceptors (Lipinski definition) is 7.